The highest BCUT2D eigenvalue weighted by molar-refractivity contribution is 7.98. The summed E-state index contributed by atoms with van der Waals surface area (Å²) in [5.41, 5.74) is -0.508. The monoisotopic (exact) mass is 378 g/mol. The van der Waals surface area contributed by atoms with E-state index in [1.165, 1.54) is 26.3 Å². The Bertz CT molecular complexity index is 738. The normalized spacial score (nSPS) is 30.6. The number of aromatic hydroxyl groups is 1. The van der Waals surface area contributed by atoms with Gasteiger partial charge in [0, 0.05) is 13.1 Å². The Kier molecular flexibility index (Phi) is 4.98. The Balaban J connectivity index is 2.11. The van der Waals surface area contributed by atoms with Crippen molar-refractivity contribution in [3.63, 3.8) is 0 Å². The molecule has 140 valence electrons. The summed E-state index contributed by atoms with van der Waals surface area (Å²) < 4.78 is 5.03. The molecular formula is C18H22N2O5S. The van der Waals surface area contributed by atoms with Crippen LogP contribution < -0.4 is 5.32 Å². The highest BCUT2D eigenvalue weighted by Crippen LogP contribution is 2.50. The summed E-state index contributed by atoms with van der Waals surface area (Å²) in [6.07, 6.45) is 2.30. The molecule has 2 aliphatic rings. The number of hydrogen-bond acceptors (Lipinski definition) is 7. The number of nitrogens with one attached hydrogen (secondary N) is 1. The molecule has 7 nitrogen and oxygen atoms in total. The molecule has 0 unspecified atom stereocenters. The molecule has 0 saturated carbocycles. The predicted octanol–water partition coefficient (Wildman–Crippen LogP) is 0.932. The number of imide groups is 1. The smallest absolute Gasteiger partial charge is 0.326 e. The Morgan fingerprint density at radius 2 is 1.96 bits per heavy atom. The van der Waals surface area contributed by atoms with Gasteiger partial charge in [-0.1, -0.05) is 12.1 Å². The standard InChI is InChI=1S/C18H22N2O5S/c1-20-15(22)12-13(16(20)23)18(8-9-26-3,17(24)25-2)19-14(12)10-4-6-11(21)7-5-10/h4-7,12-14,19,21H,8-9H2,1-3H3/t12-,13-,14+,18+/m0/s1. The Morgan fingerprint density at radius 3 is 2.54 bits per heavy atom. The maximum atomic E-state index is 12.8. The fourth-order valence-corrected chi connectivity index (χ4v) is 4.61. The lowest BCUT2D eigenvalue weighted by Crippen LogP contribution is -2.56. The van der Waals surface area contributed by atoms with Crippen molar-refractivity contribution in [3.05, 3.63) is 29.8 Å². The summed E-state index contributed by atoms with van der Waals surface area (Å²) in [7, 11) is 2.74. The van der Waals surface area contributed by atoms with Gasteiger partial charge >= 0.3 is 5.97 Å². The van der Waals surface area contributed by atoms with Crippen molar-refractivity contribution in [2.75, 3.05) is 26.2 Å². The molecule has 0 radical (unpaired) electrons. The molecule has 1 aromatic rings. The van der Waals surface area contributed by atoms with Gasteiger partial charge in [-0.15, -0.1) is 0 Å². The molecule has 8 heteroatoms. The molecule has 0 bridgehead atoms. The number of benzene rings is 1. The third kappa shape index (κ3) is 2.68. The highest BCUT2D eigenvalue weighted by Gasteiger charge is 2.67. The van der Waals surface area contributed by atoms with Crippen LogP contribution in [-0.4, -0.2) is 59.5 Å². The molecular weight excluding hydrogens is 356 g/mol. The summed E-state index contributed by atoms with van der Waals surface area (Å²) in [6.45, 7) is 0. The average molecular weight is 378 g/mol. The largest absolute Gasteiger partial charge is 0.508 e. The van der Waals surface area contributed by atoms with Gasteiger partial charge in [0.2, 0.25) is 11.8 Å². The van der Waals surface area contributed by atoms with Gasteiger partial charge in [0.05, 0.1) is 18.9 Å². The van der Waals surface area contributed by atoms with Crippen LogP contribution in [-0.2, 0) is 19.1 Å². The number of likely N-dealkylation sites (tertiary alicyclic amines) is 1. The van der Waals surface area contributed by atoms with Crippen molar-refractivity contribution in [3.8, 4) is 5.75 Å². The number of rotatable bonds is 5. The summed E-state index contributed by atoms with van der Waals surface area (Å²) in [6, 6.07) is 5.93. The second kappa shape index (κ2) is 6.92. The van der Waals surface area contributed by atoms with Crippen LogP contribution in [0.5, 0.6) is 5.75 Å². The van der Waals surface area contributed by atoms with Crippen molar-refractivity contribution in [2.24, 2.45) is 11.8 Å². The lowest BCUT2D eigenvalue weighted by molar-refractivity contribution is -0.154. The minimum atomic E-state index is -1.25. The van der Waals surface area contributed by atoms with Crippen LogP contribution in [0.2, 0.25) is 0 Å². The molecule has 0 spiro atoms. The van der Waals surface area contributed by atoms with Crippen molar-refractivity contribution in [2.45, 2.75) is 18.0 Å². The fourth-order valence-electron chi connectivity index (χ4n) is 4.08. The second-order valence-corrected chi connectivity index (χ2v) is 7.64. The SMILES string of the molecule is COC(=O)[C@]1(CCSC)N[C@H](c2ccc(O)cc2)[C@H]2C(=O)N(C)C(=O)[C@H]21. The van der Waals surface area contributed by atoms with Gasteiger partial charge in [-0.2, -0.15) is 11.8 Å². The molecule has 0 aromatic heterocycles. The number of fused-ring (bicyclic) bond motifs is 1. The topological polar surface area (TPSA) is 95.9 Å². The van der Waals surface area contributed by atoms with Gasteiger partial charge in [-0.25, -0.2) is 0 Å². The number of ether oxygens (including phenoxy) is 1. The molecule has 2 N–H and O–H groups in total. The lowest BCUT2D eigenvalue weighted by atomic mass is 9.78. The van der Waals surface area contributed by atoms with Crippen molar-refractivity contribution in [1.29, 1.82) is 0 Å². The third-order valence-corrected chi connectivity index (χ3v) is 5.99. The van der Waals surface area contributed by atoms with E-state index in [0.29, 0.717) is 12.2 Å². The van der Waals surface area contributed by atoms with Crippen LogP contribution in [0.4, 0.5) is 0 Å². The van der Waals surface area contributed by atoms with Gasteiger partial charge in [0.15, 0.2) is 0 Å². The van der Waals surface area contributed by atoms with Crippen molar-refractivity contribution in [1.82, 2.24) is 10.2 Å². The van der Waals surface area contributed by atoms with Crippen LogP contribution >= 0.6 is 11.8 Å². The molecule has 4 atom stereocenters. The van der Waals surface area contributed by atoms with E-state index >= 15 is 0 Å². The zero-order chi connectivity index (χ0) is 19.1. The molecule has 2 fully saturated rings. The van der Waals surface area contributed by atoms with E-state index in [0.717, 1.165) is 10.5 Å². The minimum Gasteiger partial charge on any atom is -0.508 e. The Morgan fingerprint density at radius 1 is 1.31 bits per heavy atom. The number of nitrogens with zero attached hydrogens (tertiary/aromatic N) is 1. The van der Waals surface area contributed by atoms with Crippen LogP contribution in [0.25, 0.3) is 0 Å². The van der Waals surface area contributed by atoms with E-state index in [2.05, 4.69) is 5.32 Å². The highest BCUT2D eigenvalue weighted by atomic mass is 32.2. The van der Waals surface area contributed by atoms with Crippen LogP contribution in [0.3, 0.4) is 0 Å². The van der Waals surface area contributed by atoms with Gasteiger partial charge in [-0.05, 0) is 36.1 Å². The van der Waals surface area contributed by atoms with E-state index in [1.54, 1.807) is 23.9 Å². The molecule has 2 aliphatic heterocycles. The Hall–Kier alpha value is -2.06. The number of carbonyl (C=O) groups excluding carboxylic acids is 3. The van der Waals surface area contributed by atoms with Crippen LogP contribution in [0.1, 0.15) is 18.0 Å². The van der Waals surface area contributed by atoms with Crippen LogP contribution in [0.15, 0.2) is 24.3 Å². The van der Waals surface area contributed by atoms with E-state index < -0.39 is 29.4 Å². The zero-order valence-electron chi connectivity index (χ0n) is 14.9. The zero-order valence-corrected chi connectivity index (χ0v) is 15.7. The molecule has 2 amide bonds. The van der Waals surface area contributed by atoms with E-state index in [-0.39, 0.29) is 17.6 Å². The minimum absolute atomic E-state index is 0.107. The predicted molar refractivity (Wildman–Crippen MR) is 96.5 cm³/mol. The maximum absolute atomic E-state index is 12.8. The van der Waals surface area contributed by atoms with Gasteiger partial charge < -0.3 is 9.84 Å². The first-order valence-corrected chi connectivity index (χ1v) is 9.72. The van der Waals surface area contributed by atoms with Gasteiger partial charge in [0.25, 0.3) is 0 Å². The second-order valence-electron chi connectivity index (χ2n) is 6.66. The Labute approximate surface area is 156 Å². The van der Waals surface area contributed by atoms with E-state index in [4.69, 9.17) is 4.74 Å². The number of phenols is 1. The van der Waals surface area contributed by atoms with E-state index in [9.17, 15) is 19.5 Å². The first-order valence-electron chi connectivity index (χ1n) is 8.32. The quantitative estimate of drug-likeness (QED) is 0.581. The molecule has 26 heavy (non-hydrogen) atoms. The van der Waals surface area contributed by atoms with E-state index in [1.807, 2.05) is 6.26 Å². The molecule has 3 rings (SSSR count). The molecule has 1 aromatic carbocycles. The number of amides is 2. The maximum Gasteiger partial charge on any atom is 0.326 e. The van der Waals surface area contributed by atoms with Crippen molar-refractivity contribution >= 4 is 29.5 Å². The number of phenolic OH excluding ortho intramolecular Hbond substituents is 1. The number of carbonyl (C=O) groups is 3. The number of thioether (sulfide) groups is 1. The van der Waals surface area contributed by atoms with Crippen molar-refractivity contribution < 1.29 is 24.2 Å². The number of hydrogen-bond donors (Lipinski definition) is 2. The summed E-state index contributed by atoms with van der Waals surface area (Å²) in [5, 5.41) is 12.8. The average Bonchev–Trinajstić information content (AvgIpc) is 3.10. The van der Waals surface area contributed by atoms with Crippen LogP contribution in [0, 0.1) is 11.8 Å². The van der Waals surface area contributed by atoms with Gasteiger partial charge in [-0.3, -0.25) is 24.6 Å². The molecule has 2 saturated heterocycles. The first-order chi connectivity index (χ1) is 12.4. The first kappa shape index (κ1) is 18.7. The summed E-state index contributed by atoms with van der Waals surface area (Å²) in [4.78, 5) is 39.5. The molecule has 2 heterocycles. The van der Waals surface area contributed by atoms with Gasteiger partial charge in [0.1, 0.15) is 11.3 Å². The summed E-state index contributed by atoms with van der Waals surface area (Å²) in [5.74, 6) is -1.94. The lowest BCUT2D eigenvalue weighted by Gasteiger charge is -2.32. The molecule has 0 aliphatic carbocycles. The number of methoxy groups -OCH3 is 1. The number of esters is 1. The fraction of sp³-hybridized carbons (Fsp3) is 0.500. The third-order valence-electron chi connectivity index (χ3n) is 5.38. The summed E-state index contributed by atoms with van der Waals surface area (Å²) >= 11 is 1.56.